The second-order valence-corrected chi connectivity index (χ2v) is 4.73. The summed E-state index contributed by atoms with van der Waals surface area (Å²) in [5, 5.41) is 2.76. The molecule has 0 aliphatic heterocycles. The van der Waals surface area contributed by atoms with Gasteiger partial charge in [0.1, 0.15) is 10.4 Å². The molecule has 6 heteroatoms. The Balaban J connectivity index is 2.18. The van der Waals surface area contributed by atoms with Crippen LogP contribution in [0.25, 0.3) is 0 Å². The number of aromatic nitrogens is 1. The Kier molecular flexibility index (Phi) is 3.93. The van der Waals surface area contributed by atoms with Gasteiger partial charge in [-0.1, -0.05) is 11.6 Å². The second kappa shape index (κ2) is 5.46. The normalized spacial score (nSPS) is 10.2. The molecule has 18 heavy (non-hydrogen) atoms. The number of amides is 1. The van der Waals surface area contributed by atoms with Gasteiger partial charge >= 0.3 is 0 Å². The first-order valence-corrected chi connectivity index (χ1v) is 6.11. The Hall–Kier alpha value is -1.46. The van der Waals surface area contributed by atoms with Crippen LogP contribution in [0.3, 0.4) is 0 Å². The minimum atomic E-state index is -0.508. The molecule has 2 rings (SSSR count). The monoisotopic (exact) mass is 328 g/mol. The number of nitrogens with zero attached hydrogens (tertiary/aromatic N) is 1. The zero-order valence-corrected chi connectivity index (χ0v) is 11.3. The summed E-state index contributed by atoms with van der Waals surface area (Å²) in [6, 6.07) is 7.07. The summed E-state index contributed by atoms with van der Waals surface area (Å²) in [7, 11) is 0. The van der Waals surface area contributed by atoms with Crippen molar-refractivity contribution in [2.75, 3.05) is 5.32 Å². The molecule has 0 unspecified atom stereocenters. The number of pyridine rings is 1. The van der Waals surface area contributed by atoms with E-state index in [-0.39, 0.29) is 10.9 Å². The summed E-state index contributed by atoms with van der Waals surface area (Å²) in [5.74, 6) is -0.886. The van der Waals surface area contributed by atoms with E-state index in [1.807, 2.05) is 0 Å². The van der Waals surface area contributed by atoms with Gasteiger partial charge in [-0.3, -0.25) is 4.79 Å². The Bertz CT molecular complexity index is 569. The molecule has 0 saturated heterocycles. The summed E-state index contributed by atoms with van der Waals surface area (Å²) < 4.78 is 13.7. The van der Waals surface area contributed by atoms with E-state index >= 15 is 0 Å². The molecule has 92 valence electrons. The smallest absolute Gasteiger partial charge is 0.257 e. The van der Waals surface area contributed by atoms with Gasteiger partial charge in [-0.25, -0.2) is 9.37 Å². The molecule has 3 nitrogen and oxygen atoms in total. The zero-order chi connectivity index (χ0) is 13.1. The molecular formula is C12H7BrClFN2O. The van der Waals surface area contributed by atoms with E-state index in [1.54, 1.807) is 12.1 Å². The van der Waals surface area contributed by atoms with Crippen LogP contribution < -0.4 is 5.32 Å². The SMILES string of the molecule is O=C(Nc1cc(F)cc(Cl)c1)c1ccc(Br)nc1. The van der Waals surface area contributed by atoms with Crippen molar-refractivity contribution in [1.82, 2.24) is 4.98 Å². The average molecular weight is 330 g/mol. The second-order valence-electron chi connectivity index (χ2n) is 3.48. The van der Waals surface area contributed by atoms with Crippen LogP contribution in [0.1, 0.15) is 10.4 Å². The number of hydrogen-bond donors (Lipinski definition) is 1. The number of rotatable bonds is 2. The maximum atomic E-state index is 13.1. The molecule has 0 radical (unpaired) electrons. The minimum absolute atomic E-state index is 0.222. The average Bonchev–Trinajstić information content (AvgIpc) is 2.28. The van der Waals surface area contributed by atoms with Gasteiger partial charge in [0.05, 0.1) is 5.56 Å². The van der Waals surface area contributed by atoms with Crippen LogP contribution in [-0.2, 0) is 0 Å². The minimum Gasteiger partial charge on any atom is -0.322 e. The first-order chi connectivity index (χ1) is 8.54. The Morgan fingerprint density at radius 1 is 1.33 bits per heavy atom. The fourth-order valence-electron chi connectivity index (χ4n) is 1.34. The van der Waals surface area contributed by atoms with Crippen molar-refractivity contribution < 1.29 is 9.18 Å². The lowest BCUT2D eigenvalue weighted by atomic mass is 10.2. The van der Waals surface area contributed by atoms with Crippen molar-refractivity contribution in [2.45, 2.75) is 0 Å². The predicted octanol–water partition coefficient (Wildman–Crippen LogP) is 3.89. The lowest BCUT2D eigenvalue weighted by molar-refractivity contribution is 0.102. The van der Waals surface area contributed by atoms with Crippen LogP contribution >= 0.6 is 27.5 Å². The van der Waals surface area contributed by atoms with Crippen molar-refractivity contribution in [2.24, 2.45) is 0 Å². The van der Waals surface area contributed by atoms with Crippen molar-refractivity contribution in [1.29, 1.82) is 0 Å². The molecule has 1 aromatic carbocycles. The van der Waals surface area contributed by atoms with Gasteiger partial charge in [0.25, 0.3) is 5.91 Å². The molecule has 0 fully saturated rings. The number of benzene rings is 1. The lowest BCUT2D eigenvalue weighted by Crippen LogP contribution is -2.12. The maximum absolute atomic E-state index is 13.1. The van der Waals surface area contributed by atoms with Crippen molar-refractivity contribution >= 4 is 39.1 Å². The van der Waals surface area contributed by atoms with Gasteiger partial charge in [-0.05, 0) is 46.3 Å². The van der Waals surface area contributed by atoms with E-state index in [9.17, 15) is 9.18 Å². The van der Waals surface area contributed by atoms with Crippen molar-refractivity contribution in [3.8, 4) is 0 Å². The van der Waals surface area contributed by atoms with E-state index in [1.165, 1.54) is 24.4 Å². The van der Waals surface area contributed by atoms with Crippen LogP contribution in [0.4, 0.5) is 10.1 Å². The van der Waals surface area contributed by atoms with Gasteiger partial charge in [0.2, 0.25) is 0 Å². The summed E-state index contributed by atoms with van der Waals surface area (Å²) in [4.78, 5) is 15.7. The number of halogens is 3. The summed E-state index contributed by atoms with van der Waals surface area (Å²) in [6.07, 6.45) is 1.42. The zero-order valence-electron chi connectivity index (χ0n) is 8.95. The molecule has 1 amide bonds. The highest BCUT2D eigenvalue weighted by Crippen LogP contribution is 2.18. The van der Waals surface area contributed by atoms with Gasteiger partial charge in [0, 0.05) is 16.9 Å². The number of nitrogens with one attached hydrogen (secondary N) is 1. The molecule has 1 heterocycles. The summed E-state index contributed by atoms with van der Waals surface area (Å²) >= 11 is 8.86. The lowest BCUT2D eigenvalue weighted by Gasteiger charge is -2.05. The predicted molar refractivity (Wildman–Crippen MR) is 71.3 cm³/mol. The van der Waals surface area contributed by atoms with E-state index in [0.717, 1.165) is 0 Å². The van der Waals surface area contributed by atoms with Crippen LogP contribution in [0.2, 0.25) is 5.02 Å². The van der Waals surface area contributed by atoms with E-state index < -0.39 is 5.82 Å². The fraction of sp³-hybridized carbons (Fsp3) is 0. The quantitative estimate of drug-likeness (QED) is 0.849. The molecule has 0 bridgehead atoms. The molecule has 1 N–H and O–H groups in total. The van der Waals surface area contributed by atoms with E-state index in [2.05, 4.69) is 26.2 Å². The van der Waals surface area contributed by atoms with Crippen LogP contribution in [0.15, 0.2) is 41.1 Å². The molecule has 0 saturated carbocycles. The first-order valence-electron chi connectivity index (χ1n) is 4.93. The summed E-state index contributed by atoms with van der Waals surface area (Å²) in [5.41, 5.74) is 0.673. The molecule has 0 aliphatic rings. The highest BCUT2D eigenvalue weighted by molar-refractivity contribution is 9.10. The highest BCUT2D eigenvalue weighted by atomic mass is 79.9. The van der Waals surface area contributed by atoms with Crippen molar-refractivity contribution in [3.63, 3.8) is 0 Å². The third-order valence-corrected chi connectivity index (χ3v) is 2.80. The molecule has 0 atom stereocenters. The number of carbonyl (C=O) groups excluding carboxylic acids is 1. The third kappa shape index (κ3) is 3.27. The summed E-state index contributed by atoms with van der Waals surface area (Å²) in [6.45, 7) is 0. The standard InChI is InChI=1S/C12H7BrClFN2O/c13-11-2-1-7(6-16-11)12(18)17-10-4-8(14)3-9(15)5-10/h1-6H,(H,17,18). The van der Waals surface area contributed by atoms with Crippen LogP contribution in [0.5, 0.6) is 0 Å². The fourth-order valence-corrected chi connectivity index (χ4v) is 1.80. The van der Waals surface area contributed by atoms with Gasteiger partial charge in [0.15, 0.2) is 0 Å². The number of hydrogen-bond acceptors (Lipinski definition) is 2. The maximum Gasteiger partial charge on any atom is 0.257 e. The van der Waals surface area contributed by atoms with E-state index in [4.69, 9.17) is 11.6 Å². The van der Waals surface area contributed by atoms with Crippen LogP contribution in [-0.4, -0.2) is 10.9 Å². The Labute approximate surface area is 116 Å². The van der Waals surface area contributed by atoms with Gasteiger partial charge < -0.3 is 5.32 Å². The van der Waals surface area contributed by atoms with Gasteiger partial charge in [-0.2, -0.15) is 0 Å². The highest BCUT2D eigenvalue weighted by Gasteiger charge is 2.07. The number of carbonyl (C=O) groups is 1. The van der Waals surface area contributed by atoms with Crippen LogP contribution in [0, 0.1) is 5.82 Å². The molecule has 0 spiro atoms. The topological polar surface area (TPSA) is 42.0 Å². The Morgan fingerprint density at radius 3 is 2.72 bits per heavy atom. The largest absolute Gasteiger partial charge is 0.322 e. The Morgan fingerprint density at radius 2 is 2.11 bits per heavy atom. The van der Waals surface area contributed by atoms with Crippen molar-refractivity contribution in [3.05, 3.63) is 57.5 Å². The molecule has 1 aromatic heterocycles. The van der Waals surface area contributed by atoms with E-state index in [0.29, 0.717) is 15.9 Å². The third-order valence-electron chi connectivity index (χ3n) is 2.11. The first kappa shape index (κ1) is 13.0. The molecule has 0 aliphatic carbocycles. The van der Waals surface area contributed by atoms with Gasteiger partial charge in [-0.15, -0.1) is 0 Å². The molecule has 2 aromatic rings. The molecular weight excluding hydrogens is 322 g/mol. The number of anilines is 1.